The standard InChI is InChI=1S/C30H20BrF3N4O4S/c31-22-8-4-7-20(25(22)33)27(30(36)39)37-15-16-9-10-17(13-21(16)29(37)35)42-28-23(32)14-24-19(26(28)34)11-12-38(24)43(40,41)18-5-2-1-3-6-18/h1-14,27,35H,15H2,(H2,36,39). The number of carbonyl (C=O) groups is 1. The van der Waals surface area contributed by atoms with Gasteiger partial charge in [-0.1, -0.05) is 36.4 Å². The van der Waals surface area contributed by atoms with Crippen molar-refractivity contribution in [3.63, 3.8) is 0 Å². The summed E-state index contributed by atoms with van der Waals surface area (Å²) in [5, 5.41) is 8.52. The Hall–Kier alpha value is -4.62. The number of amides is 1. The van der Waals surface area contributed by atoms with Gasteiger partial charge < -0.3 is 15.4 Å². The first kappa shape index (κ1) is 28.5. The van der Waals surface area contributed by atoms with E-state index in [0.29, 0.717) is 11.1 Å². The number of primary amides is 1. The van der Waals surface area contributed by atoms with E-state index in [1.54, 1.807) is 18.2 Å². The van der Waals surface area contributed by atoms with Gasteiger partial charge in [0.1, 0.15) is 23.4 Å². The van der Waals surface area contributed by atoms with E-state index in [4.69, 9.17) is 15.9 Å². The molecule has 1 amide bonds. The van der Waals surface area contributed by atoms with Crippen LogP contribution in [0.15, 0.2) is 94.4 Å². The molecule has 4 aromatic carbocycles. The Kier molecular flexibility index (Phi) is 7.01. The SMILES string of the molecule is N=C1c2cc(Oc3c(F)cc4c(ccn4S(=O)(=O)c4ccccc4)c3F)ccc2CN1C(C(N)=O)c1cccc(Br)c1F. The van der Waals surface area contributed by atoms with Crippen LogP contribution in [0.5, 0.6) is 11.5 Å². The second-order valence-corrected chi connectivity index (χ2v) is 12.4. The predicted molar refractivity (Wildman–Crippen MR) is 156 cm³/mol. The number of nitrogens with one attached hydrogen (secondary N) is 1. The third-order valence-corrected chi connectivity index (χ3v) is 9.46. The maximum atomic E-state index is 15.6. The highest BCUT2D eigenvalue weighted by Crippen LogP contribution is 2.38. The monoisotopic (exact) mass is 668 g/mol. The summed E-state index contributed by atoms with van der Waals surface area (Å²) in [5.41, 5.74) is 6.27. The van der Waals surface area contributed by atoms with Crippen LogP contribution in [0, 0.1) is 22.9 Å². The number of amidine groups is 1. The fourth-order valence-electron chi connectivity index (χ4n) is 5.11. The van der Waals surface area contributed by atoms with E-state index in [1.807, 2.05) is 0 Å². The van der Waals surface area contributed by atoms with Crippen molar-refractivity contribution in [2.45, 2.75) is 17.5 Å². The smallest absolute Gasteiger partial charge is 0.268 e. The number of fused-ring (bicyclic) bond motifs is 2. The van der Waals surface area contributed by atoms with Crippen LogP contribution in [0.1, 0.15) is 22.7 Å². The summed E-state index contributed by atoms with van der Waals surface area (Å²) in [5.74, 6) is -4.78. The lowest BCUT2D eigenvalue weighted by Gasteiger charge is -2.27. The van der Waals surface area contributed by atoms with Crippen molar-refractivity contribution in [2.24, 2.45) is 5.73 Å². The number of hydrogen-bond donors (Lipinski definition) is 2. The third-order valence-electron chi connectivity index (χ3n) is 7.15. The van der Waals surface area contributed by atoms with Crippen molar-refractivity contribution in [3.8, 4) is 11.5 Å². The molecule has 2 heterocycles. The van der Waals surface area contributed by atoms with E-state index in [9.17, 15) is 17.6 Å². The lowest BCUT2D eigenvalue weighted by Crippen LogP contribution is -2.38. The van der Waals surface area contributed by atoms with E-state index in [2.05, 4.69) is 15.9 Å². The molecule has 0 fully saturated rings. The molecule has 43 heavy (non-hydrogen) atoms. The Balaban J connectivity index is 1.33. The molecule has 0 saturated heterocycles. The normalized spacial score (nSPS) is 13.8. The summed E-state index contributed by atoms with van der Waals surface area (Å²) in [6, 6.07) is 17.0. The van der Waals surface area contributed by atoms with Gasteiger partial charge in [-0.25, -0.2) is 25.6 Å². The number of ether oxygens (including phenoxy) is 1. The Morgan fingerprint density at radius 3 is 2.44 bits per heavy atom. The van der Waals surface area contributed by atoms with E-state index >= 15 is 8.78 Å². The van der Waals surface area contributed by atoms with E-state index < -0.39 is 45.2 Å². The van der Waals surface area contributed by atoms with Gasteiger partial charge in [-0.15, -0.1) is 0 Å². The molecule has 1 aromatic heterocycles. The van der Waals surface area contributed by atoms with Gasteiger partial charge in [0.25, 0.3) is 10.0 Å². The molecular formula is C30H20BrF3N4O4S. The summed E-state index contributed by atoms with van der Waals surface area (Å²) in [4.78, 5) is 13.7. The zero-order chi connectivity index (χ0) is 30.6. The van der Waals surface area contributed by atoms with Crippen LogP contribution in [0.4, 0.5) is 13.2 Å². The second-order valence-electron chi connectivity index (χ2n) is 9.71. The largest absolute Gasteiger partial charge is 0.451 e. The number of hydrogen-bond acceptors (Lipinski definition) is 5. The van der Waals surface area contributed by atoms with Gasteiger partial charge in [-0.3, -0.25) is 10.2 Å². The van der Waals surface area contributed by atoms with Crippen LogP contribution >= 0.6 is 15.9 Å². The highest BCUT2D eigenvalue weighted by molar-refractivity contribution is 9.10. The number of benzene rings is 4. The summed E-state index contributed by atoms with van der Waals surface area (Å²) >= 11 is 3.10. The predicted octanol–water partition coefficient (Wildman–Crippen LogP) is 6.22. The minimum absolute atomic E-state index is 0.0189. The highest BCUT2D eigenvalue weighted by atomic mass is 79.9. The zero-order valence-corrected chi connectivity index (χ0v) is 24.3. The fourth-order valence-corrected chi connectivity index (χ4v) is 6.86. The number of halogens is 4. The molecule has 0 saturated carbocycles. The van der Waals surface area contributed by atoms with Crippen LogP contribution in [-0.2, 0) is 21.4 Å². The van der Waals surface area contributed by atoms with Gasteiger partial charge in [0.2, 0.25) is 5.91 Å². The maximum Gasteiger partial charge on any atom is 0.268 e. The lowest BCUT2D eigenvalue weighted by atomic mass is 10.0. The zero-order valence-electron chi connectivity index (χ0n) is 21.9. The number of aromatic nitrogens is 1. The van der Waals surface area contributed by atoms with E-state index in [0.717, 1.165) is 16.2 Å². The van der Waals surface area contributed by atoms with Gasteiger partial charge >= 0.3 is 0 Å². The topological polar surface area (TPSA) is 118 Å². The molecule has 0 bridgehead atoms. The third kappa shape index (κ3) is 4.74. The molecule has 0 radical (unpaired) electrons. The van der Waals surface area contributed by atoms with Crippen LogP contribution in [0.25, 0.3) is 10.9 Å². The molecule has 0 spiro atoms. The molecule has 0 aliphatic carbocycles. The molecule has 1 unspecified atom stereocenters. The fraction of sp³-hybridized carbons (Fsp3) is 0.0667. The Bertz CT molecular complexity index is 2070. The first-order valence-corrected chi connectivity index (χ1v) is 14.9. The molecule has 1 aliphatic heterocycles. The molecule has 6 rings (SSSR count). The van der Waals surface area contributed by atoms with Gasteiger partial charge in [0, 0.05) is 35.3 Å². The average molecular weight is 669 g/mol. The van der Waals surface area contributed by atoms with Crippen LogP contribution in [0.3, 0.4) is 0 Å². The van der Waals surface area contributed by atoms with Crippen molar-refractivity contribution in [2.75, 3.05) is 0 Å². The van der Waals surface area contributed by atoms with Crippen LogP contribution < -0.4 is 10.5 Å². The van der Waals surface area contributed by atoms with E-state index in [1.165, 1.54) is 59.5 Å². The molecule has 1 aliphatic rings. The molecular weight excluding hydrogens is 649 g/mol. The van der Waals surface area contributed by atoms with Crippen molar-refractivity contribution in [1.29, 1.82) is 5.41 Å². The molecule has 3 N–H and O–H groups in total. The van der Waals surface area contributed by atoms with E-state index in [-0.39, 0.29) is 44.0 Å². The van der Waals surface area contributed by atoms with Crippen molar-refractivity contribution >= 4 is 48.6 Å². The molecule has 1 atom stereocenters. The number of nitrogens with two attached hydrogens (primary N) is 1. The minimum Gasteiger partial charge on any atom is -0.451 e. The molecule has 13 heteroatoms. The first-order chi connectivity index (χ1) is 20.5. The molecule has 218 valence electrons. The van der Waals surface area contributed by atoms with Crippen molar-refractivity contribution in [3.05, 3.63) is 124 Å². The summed E-state index contributed by atoms with van der Waals surface area (Å²) in [7, 11) is -4.13. The Morgan fingerprint density at radius 1 is 0.977 bits per heavy atom. The van der Waals surface area contributed by atoms with Gasteiger partial charge in [-0.2, -0.15) is 0 Å². The van der Waals surface area contributed by atoms with Gasteiger partial charge in [0.15, 0.2) is 17.4 Å². The summed E-state index contributed by atoms with van der Waals surface area (Å²) < 4.78 is 78.4. The lowest BCUT2D eigenvalue weighted by molar-refractivity contribution is -0.122. The highest BCUT2D eigenvalue weighted by Gasteiger charge is 2.36. The van der Waals surface area contributed by atoms with Crippen molar-refractivity contribution in [1.82, 2.24) is 8.87 Å². The summed E-state index contributed by atoms with van der Waals surface area (Å²) in [6.45, 7) is 0.0477. The van der Waals surface area contributed by atoms with Crippen LogP contribution in [-0.4, -0.2) is 29.0 Å². The quantitative estimate of drug-likeness (QED) is 0.214. The average Bonchev–Trinajstić information content (AvgIpc) is 3.55. The minimum atomic E-state index is -4.13. The number of nitrogens with zero attached hydrogens (tertiary/aromatic N) is 2. The number of carbonyl (C=O) groups excluding carboxylic acids is 1. The molecule has 5 aromatic rings. The number of rotatable bonds is 7. The maximum absolute atomic E-state index is 15.6. The van der Waals surface area contributed by atoms with Crippen molar-refractivity contribution < 1.29 is 31.1 Å². The first-order valence-electron chi connectivity index (χ1n) is 12.7. The van der Waals surface area contributed by atoms with Gasteiger partial charge in [-0.05, 0) is 57.9 Å². The summed E-state index contributed by atoms with van der Waals surface area (Å²) in [6.07, 6.45) is 1.13. The molecule has 8 nitrogen and oxygen atoms in total. The Labute approximate surface area is 251 Å². The second kappa shape index (κ2) is 10.6. The Morgan fingerprint density at radius 2 is 1.72 bits per heavy atom. The van der Waals surface area contributed by atoms with Crippen LogP contribution in [0.2, 0.25) is 0 Å². The van der Waals surface area contributed by atoms with Gasteiger partial charge in [0.05, 0.1) is 14.9 Å².